The van der Waals surface area contributed by atoms with Crippen LogP contribution in [0.3, 0.4) is 0 Å². The first-order valence-corrected chi connectivity index (χ1v) is 10.2. The van der Waals surface area contributed by atoms with Gasteiger partial charge in [-0.3, -0.25) is 9.52 Å². The Labute approximate surface area is 155 Å². The van der Waals surface area contributed by atoms with Crippen LogP contribution in [0.15, 0.2) is 46.9 Å². The highest BCUT2D eigenvalue weighted by molar-refractivity contribution is 9.10. The largest absolute Gasteiger partial charge is 0.508 e. The van der Waals surface area contributed by atoms with E-state index in [9.17, 15) is 18.3 Å². The molecule has 8 heteroatoms. The van der Waals surface area contributed by atoms with Gasteiger partial charge in [0, 0.05) is 15.7 Å². The lowest BCUT2D eigenvalue weighted by Gasteiger charge is -2.16. The standard InChI is InChI=1S/C17H19BrN2O4S/c1-11(12-4-3-5-15(8-12)20-25(2,23)24)19-17(22)9-13-6-7-14(18)10-16(13)21/h3-8,10-11,20-21H,9H2,1-2H3,(H,19,22). The van der Waals surface area contributed by atoms with Crippen molar-refractivity contribution in [2.75, 3.05) is 11.0 Å². The van der Waals surface area contributed by atoms with Crippen molar-refractivity contribution in [3.8, 4) is 5.75 Å². The monoisotopic (exact) mass is 426 g/mol. The number of carbonyl (C=O) groups is 1. The number of halogens is 1. The summed E-state index contributed by atoms with van der Waals surface area (Å²) in [7, 11) is -3.36. The minimum Gasteiger partial charge on any atom is -0.508 e. The smallest absolute Gasteiger partial charge is 0.229 e. The van der Waals surface area contributed by atoms with Crippen molar-refractivity contribution in [1.29, 1.82) is 0 Å². The van der Waals surface area contributed by atoms with E-state index in [0.29, 0.717) is 11.3 Å². The lowest BCUT2D eigenvalue weighted by atomic mass is 10.1. The molecule has 0 aliphatic carbocycles. The first kappa shape index (κ1) is 19.3. The average Bonchev–Trinajstić information content (AvgIpc) is 2.48. The molecule has 2 aromatic rings. The van der Waals surface area contributed by atoms with E-state index >= 15 is 0 Å². The Morgan fingerprint density at radius 1 is 1.24 bits per heavy atom. The average molecular weight is 427 g/mol. The summed E-state index contributed by atoms with van der Waals surface area (Å²) in [5.41, 5.74) is 1.73. The summed E-state index contributed by atoms with van der Waals surface area (Å²) in [6, 6.07) is 11.5. The Hall–Kier alpha value is -2.06. The second kappa shape index (κ2) is 7.88. The molecule has 0 fully saturated rings. The summed E-state index contributed by atoms with van der Waals surface area (Å²) in [5, 5.41) is 12.7. The van der Waals surface area contributed by atoms with Crippen molar-refractivity contribution in [3.05, 3.63) is 58.1 Å². The third-order valence-electron chi connectivity index (χ3n) is 3.47. The Bertz CT molecular complexity index is 884. The minimum atomic E-state index is -3.36. The molecular formula is C17H19BrN2O4S. The molecular weight excluding hydrogens is 408 g/mol. The number of nitrogens with one attached hydrogen (secondary N) is 2. The zero-order valence-electron chi connectivity index (χ0n) is 13.8. The van der Waals surface area contributed by atoms with Gasteiger partial charge < -0.3 is 10.4 Å². The number of sulfonamides is 1. The van der Waals surface area contributed by atoms with E-state index in [1.807, 2.05) is 0 Å². The molecule has 134 valence electrons. The van der Waals surface area contributed by atoms with Gasteiger partial charge in [0.1, 0.15) is 5.75 Å². The molecule has 6 nitrogen and oxygen atoms in total. The van der Waals surface area contributed by atoms with E-state index in [4.69, 9.17) is 0 Å². The quantitative estimate of drug-likeness (QED) is 0.661. The van der Waals surface area contributed by atoms with Gasteiger partial charge in [-0.15, -0.1) is 0 Å². The Morgan fingerprint density at radius 3 is 2.60 bits per heavy atom. The first-order chi connectivity index (χ1) is 11.6. The minimum absolute atomic E-state index is 0.0464. The second-order valence-corrected chi connectivity index (χ2v) is 8.40. The molecule has 0 saturated carbocycles. The van der Waals surface area contributed by atoms with E-state index in [1.165, 1.54) is 6.07 Å². The highest BCUT2D eigenvalue weighted by atomic mass is 79.9. The summed E-state index contributed by atoms with van der Waals surface area (Å²) in [6.07, 6.45) is 1.13. The molecule has 1 atom stereocenters. The molecule has 25 heavy (non-hydrogen) atoms. The fraction of sp³-hybridized carbons (Fsp3) is 0.235. The summed E-state index contributed by atoms with van der Waals surface area (Å²) < 4.78 is 25.8. The van der Waals surface area contributed by atoms with Crippen LogP contribution in [0, 0.1) is 0 Å². The van der Waals surface area contributed by atoms with E-state index in [2.05, 4.69) is 26.0 Å². The second-order valence-electron chi connectivity index (χ2n) is 5.74. The third-order valence-corrected chi connectivity index (χ3v) is 4.57. The summed E-state index contributed by atoms with van der Waals surface area (Å²) in [5.74, 6) is -0.192. The van der Waals surface area contributed by atoms with Gasteiger partial charge in [-0.2, -0.15) is 0 Å². The van der Waals surface area contributed by atoms with Gasteiger partial charge >= 0.3 is 0 Å². The predicted molar refractivity (Wildman–Crippen MR) is 101 cm³/mol. The molecule has 0 saturated heterocycles. The van der Waals surface area contributed by atoms with Crippen LogP contribution in [0.25, 0.3) is 0 Å². The number of phenols is 1. The number of hydrogen-bond donors (Lipinski definition) is 3. The maximum atomic E-state index is 12.2. The molecule has 2 aromatic carbocycles. The number of amides is 1. The van der Waals surface area contributed by atoms with Crippen LogP contribution < -0.4 is 10.0 Å². The molecule has 0 radical (unpaired) electrons. The number of anilines is 1. The van der Waals surface area contributed by atoms with Gasteiger partial charge in [0.25, 0.3) is 0 Å². The zero-order valence-corrected chi connectivity index (χ0v) is 16.2. The number of rotatable bonds is 6. The van der Waals surface area contributed by atoms with Crippen molar-refractivity contribution in [3.63, 3.8) is 0 Å². The van der Waals surface area contributed by atoms with Crippen LogP contribution in [0.4, 0.5) is 5.69 Å². The number of phenolic OH excluding ortho intramolecular Hbond substituents is 1. The van der Waals surface area contributed by atoms with Gasteiger partial charge in [0.15, 0.2) is 0 Å². The topological polar surface area (TPSA) is 95.5 Å². The molecule has 0 bridgehead atoms. The number of hydrogen-bond acceptors (Lipinski definition) is 4. The van der Waals surface area contributed by atoms with Gasteiger partial charge in [0.2, 0.25) is 15.9 Å². The van der Waals surface area contributed by atoms with Gasteiger partial charge in [-0.1, -0.05) is 34.1 Å². The molecule has 1 amide bonds. The molecule has 0 aromatic heterocycles. The fourth-order valence-electron chi connectivity index (χ4n) is 2.32. The van der Waals surface area contributed by atoms with E-state index in [-0.39, 0.29) is 24.1 Å². The molecule has 3 N–H and O–H groups in total. The summed E-state index contributed by atoms with van der Waals surface area (Å²) in [6.45, 7) is 1.80. The lowest BCUT2D eigenvalue weighted by molar-refractivity contribution is -0.121. The van der Waals surface area contributed by atoms with Gasteiger partial charge in [0.05, 0.1) is 18.7 Å². The summed E-state index contributed by atoms with van der Waals surface area (Å²) in [4.78, 5) is 12.2. The number of benzene rings is 2. The Morgan fingerprint density at radius 2 is 1.96 bits per heavy atom. The highest BCUT2D eigenvalue weighted by Crippen LogP contribution is 2.23. The summed E-state index contributed by atoms with van der Waals surface area (Å²) >= 11 is 3.25. The molecule has 1 unspecified atom stereocenters. The molecule has 0 aliphatic heterocycles. The van der Waals surface area contributed by atoms with Crippen LogP contribution in [0.1, 0.15) is 24.1 Å². The van der Waals surface area contributed by atoms with Crippen LogP contribution in [0.5, 0.6) is 5.75 Å². The molecule has 0 heterocycles. The van der Waals surface area contributed by atoms with Gasteiger partial charge in [-0.25, -0.2) is 8.42 Å². The number of carbonyl (C=O) groups excluding carboxylic acids is 1. The Balaban J connectivity index is 2.04. The van der Waals surface area contributed by atoms with Crippen molar-refractivity contribution in [2.24, 2.45) is 0 Å². The normalized spacial score (nSPS) is 12.4. The molecule has 0 spiro atoms. The zero-order chi connectivity index (χ0) is 18.6. The Kier molecular flexibility index (Phi) is 6.07. The number of aromatic hydroxyl groups is 1. The van der Waals surface area contributed by atoms with Gasteiger partial charge in [-0.05, 0) is 36.8 Å². The predicted octanol–water partition coefficient (Wildman–Crippen LogP) is 2.95. The molecule has 2 rings (SSSR count). The maximum absolute atomic E-state index is 12.2. The van der Waals surface area contributed by atoms with E-state index in [0.717, 1.165) is 16.3 Å². The third kappa shape index (κ3) is 6.06. The van der Waals surface area contributed by atoms with Crippen molar-refractivity contribution in [1.82, 2.24) is 5.32 Å². The SMILES string of the molecule is CC(NC(=O)Cc1ccc(Br)cc1O)c1cccc(NS(C)(=O)=O)c1. The molecule has 0 aliphatic rings. The maximum Gasteiger partial charge on any atom is 0.229 e. The van der Waals surface area contributed by atoms with Crippen molar-refractivity contribution >= 4 is 37.5 Å². The fourth-order valence-corrected chi connectivity index (χ4v) is 3.23. The van der Waals surface area contributed by atoms with Crippen molar-refractivity contribution < 1.29 is 18.3 Å². The van der Waals surface area contributed by atoms with Crippen molar-refractivity contribution in [2.45, 2.75) is 19.4 Å². The van der Waals surface area contributed by atoms with Crippen LogP contribution in [-0.4, -0.2) is 25.7 Å². The van der Waals surface area contributed by atoms with E-state index < -0.39 is 10.0 Å². The first-order valence-electron chi connectivity index (χ1n) is 7.48. The highest BCUT2D eigenvalue weighted by Gasteiger charge is 2.13. The van der Waals surface area contributed by atoms with Crippen LogP contribution in [-0.2, 0) is 21.2 Å². The lowest BCUT2D eigenvalue weighted by Crippen LogP contribution is -2.28. The van der Waals surface area contributed by atoms with E-state index in [1.54, 1.807) is 43.3 Å². The van der Waals surface area contributed by atoms with Crippen LogP contribution in [0.2, 0.25) is 0 Å². The van der Waals surface area contributed by atoms with Crippen LogP contribution >= 0.6 is 15.9 Å².